The van der Waals surface area contributed by atoms with Crippen molar-refractivity contribution < 1.29 is 9.18 Å². The fraction of sp³-hybridized carbons (Fsp3) is 0.444. The quantitative estimate of drug-likeness (QED) is 0.865. The molecule has 1 aliphatic heterocycles. The van der Waals surface area contributed by atoms with Crippen LogP contribution in [0.5, 0.6) is 0 Å². The lowest BCUT2D eigenvalue weighted by Gasteiger charge is -2.36. The summed E-state index contributed by atoms with van der Waals surface area (Å²) in [6.07, 6.45) is 4.80. The molecule has 1 saturated heterocycles. The molecule has 2 aromatic rings. The Morgan fingerprint density at radius 3 is 2.50 bits per heavy atom. The highest BCUT2D eigenvalue weighted by Gasteiger charge is 2.46. The van der Waals surface area contributed by atoms with Gasteiger partial charge in [0.25, 0.3) is 0 Å². The number of anilines is 1. The zero-order chi connectivity index (χ0) is 16.7. The zero-order valence-electron chi connectivity index (χ0n) is 13.7. The lowest BCUT2D eigenvalue weighted by molar-refractivity contribution is -0.132. The molecule has 5 nitrogen and oxygen atoms in total. The molecule has 2 heterocycles. The average molecular weight is 328 g/mol. The monoisotopic (exact) mass is 328 g/mol. The van der Waals surface area contributed by atoms with Crippen LogP contribution in [-0.4, -0.2) is 46.8 Å². The van der Waals surface area contributed by atoms with Crippen molar-refractivity contribution in [3.8, 4) is 0 Å². The predicted molar refractivity (Wildman–Crippen MR) is 89.2 cm³/mol. The van der Waals surface area contributed by atoms with E-state index in [0.717, 1.165) is 38.3 Å². The fourth-order valence-corrected chi connectivity index (χ4v) is 3.54. The largest absolute Gasteiger partial charge is 0.368 e. The molecular weight excluding hydrogens is 307 g/mol. The van der Waals surface area contributed by atoms with Crippen LogP contribution in [0.3, 0.4) is 0 Å². The molecule has 2 fully saturated rings. The number of piperazine rings is 1. The summed E-state index contributed by atoms with van der Waals surface area (Å²) in [5.74, 6) is 0.498. The maximum absolute atomic E-state index is 13.0. The predicted octanol–water partition coefficient (Wildman–Crippen LogP) is 2.01. The van der Waals surface area contributed by atoms with Crippen LogP contribution >= 0.6 is 0 Å². The van der Waals surface area contributed by atoms with Gasteiger partial charge in [0.2, 0.25) is 5.91 Å². The average Bonchev–Trinajstić information content (AvgIpc) is 3.29. The first-order valence-electron chi connectivity index (χ1n) is 8.39. The Kier molecular flexibility index (Phi) is 3.75. The zero-order valence-corrected chi connectivity index (χ0v) is 13.7. The SMILES string of the molecule is Cn1cc([C@H]2C[C@@H]2C(=O)N2CCN(c3ccc(F)cc3)CC2)cn1. The summed E-state index contributed by atoms with van der Waals surface area (Å²) < 4.78 is 14.8. The number of hydrogen-bond donors (Lipinski definition) is 0. The molecule has 1 aliphatic carbocycles. The Morgan fingerprint density at radius 1 is 1.17 bits per heavy atom. The van der Waals surface area contributed by atoms with Gasteiger partial charge in [0.1, 0.15) is 5.82 Å². The first-order chi connectivity index (χ1) is 11.6. The molecular formula is C18H21FN4O. The van der Waals surface area contributed by atoms with Gasteiger partial charge in [-0.1, -0.05) is 0 Å². The molecule has 6 heteroatoms. The molecule has 24 heavy (non-hydrogen) atoms. The van der Waals surface area contributed by atoms with Crippen molar-refractivity contribution >= 4 is 11.6 Å². The normalized spacial score (nSPS) is 23.4. The Bertz CT molecular complexity index is 734. The number of hydrogen-bond acceptors (Lipinski definition) is 3. The maximum Gasteiger partial charge on any atom is 0.226 e. The number of halogens is 1. The van der Waals surface area contributed by atoms with E-state index in [-0.39, 0.29) is 17.6 Å². The van der Waals surface area contributed by atoms with Crippen molar-refractivity contribution in [1.82, 2.24) is 14.7 Å². The Balaban J connectivity index is 1.33. The molecule has 1 aromatic heterocycles. The first kappa shape index (κ1) is 15.2. The summed E-state index contributed by atoms with van der Waals surface area (Å²) in [7, 11) is 1.90. The van der Waals surface area contributed by atoms with E-state index in [1.807, 2.05) is 24.3 Å². The second kappa shape index (κ2) is 5.92. The van der Waals surface area contributed by atoms with Crippen molar-refractivity contribution in [1.29, 1.82) is 0 Å². The smallest absolute Gasteiger partial charge is 0.226 e. The summed E-state index contributed by atoms with van der Waals surface area (Å²) in [5, 5.41) is 4.19. The number of aromatic nitrogens is 2. The molecule has 1 saturated carbocycles. The summed E-state index contributed by atoms with van der Waals surface area (Å²) in [5.41, 5.74) is 2.18. The summed E-state index contributed by atoms with van der Waals surface area (Å²) in [4.78, 5) is 16.8. The van der Waals surface area contributed by atoms with E-state index in [2.05, 4.69) is 10.00 Å². The number of rotatable bonds is 3. The third kappa shape index (κ3) is 2.88. The third-order valence-electron chi connectivity index (χ3n) is 5.04. The van der Waals surface area contributed by atoms with E-state index >= 15 is 0 Å². The highest BCUT2D eigenvalue weighted by atomic mass is 19.1. The minimum atomic E-state index is -0.220. The first-order valence-corrected chi connectivity index (χ1v) is 8.39. The van der Waals surface area contributed by atoms with Gasteiger partial charge >= 0.3 is 0 Å². The standard InChI is InChI=1S/C18H21FN4O/c1-21-12-13(11-20-21)16-10-17(16)18(24)23-8-6-22(7-9-23)15-4-2-14(19)3-5-15/h2-5,11-12,16-17H,6-10H2,1H3/t16-,17+/m1/s1. The third-order valence-corrected chi connectivity index (χ3v) is 5.04. The highest BCUT2D eigenvalue weighted by Crippen LogP contribution is 2.48. The van der Waals surface area contributed by atoms with Crippen LogP contribution in [0, 0.1) is 11.7 Å². The minimum Gasteiger partial charge on any atom is -0.368 e. The van der Waals surface area contributed by atoms with E-state index in [4.69, 9.17) is 0 Å². The molecule has 0 radical (unpaired) electrons. The Morgan fingerprint density at radius 2 is 1.88 bits per heavy atom. The lowest BCUT2D eigenvalue weighted by Crippen LogP contribution is -2.49. The Labute approximate surface area is 140 Å². The lowest BCUT2D eigenvalue weighted by atomic mass is 10.1. The van der Waals surface area contributed by atoms with Crippen molar-refractivity contribution in [2.45, 2.75) is 12.3 Å². The van der Waals surface area contributed by atoms with Gasteiger partial charge in [-0.25, -0.2) is 4.39 Å². The second-order valence-corrected chi connectivity index (χ2v) is 6.68. The van der Waals surface area contributed by atoms with Crippen LogP contribution in [0.4, 0.5) is 10.1 Å². The molecule has 2 aliphatic rings. The Hall–Kier alpha value is -2.37. The second-order valence-electron chi connectivity index (χ2n) is 6.68. The molecule has 0 bridgehead atoms. The molecule has 0 N–H and O–H groups in total. The summed E-state index contributed by atoms with van der Waals surface area (Å²) in [6.45, 7) is 3.04. The number of carbonyl (C=O) groups is 1. The van der Waals surface area contributed by atoms with Crippen LogP contribution in [0.25, 0.3) is 0 Å². The topological polar surface area (TPSA) is 41.4 Å². The van der Waals surface area contributed by atoms with Crippen LogP contribution in [-0.2, 0) is 11.8 Å². The number of benzene rings is 1. The maximum atomic E-state index is 13.0. The minimum absolute atomic E-state index is 0.117. The van der Waals surface area contributed by atoms with E-state index in [0.29, 0.717) is 5.92 Å². The fourth-order valence-electron chi connectivity index (χ4n) is 3.54. The molecule has 0 spiro atoms. The molecule has 2 atom stereocenters. The van der Waals surface area contributed by atoms with Gasteiger partial charge in [0.15, 0.2) is 0 Å². The highest BCUT2D eigenvalue weighted by molar-refractivity contribution is 5.83. The van der Waals surface area contributed by atoms with Gasteiger partial charge in [0.05, 0.1) is 6.20 Å². The van der Waals surface area contributed by atoms with Gasteiger partial charge in [-0.3, -0.25) is 9.48 Å². The molecule has 4 rings (SSSR count). The summed E-state index contributed by atoms with van der Waals surface area (Å²) in [6, 6.07) is 6.56. The molecule has 1 aromatic carbocycles. The van der Waals surface area contributed by atoms with Crippen LogP contribution in [0.15, 0.2) is 36.7 Å². The van der Waals surface area contributed by atoms with Gasteiger partial charge in [-0.2, -0.15) is 5.10 Å². The van der Waals surface area contributed by atoms with Crippen molar-refractivity contribution in [3.63, 3.8) is 0 Å². The van der Waals surface area contributed by atoms with Gasteiger partial charge < -0.3 is 9.80 Å². The molecule has 1 amide bonds. The van der Waals surface area contributed by atoms with E-state index in [1.165, 1.54) is 17.7 Å². The summed E-state index contributed by atoms with van der Waals surface area (Å²) >= 11 is 0. The van der Waals surface area contributed by atoms with Crippen LogP contribution in [0.1, 0.15) is 17.9 Å². The number of carbonyl (C=O) groups excluding carboxylic acids is 1. The van der Waals surface area contributed by atoms with Crippen molar-refractivity contribution in [3.05, 3.63) is 48.0 Å². The van der Waals surface area contributed by atoms with E-state index in [1.54, 1.807) is 16.8 Å². The van der Waals surface area contributed by atoms with Gasteiger partial charge in [0, 0.05) is 51.0 Å². The van der Waals surface area contributed by atoms with Crippen LogP contribution < -0.4 is 4.90 Å². The van der Waals surface area contributed by atoms with Gasteiger partial charge in [-0.05, 0) is 42.2 Å². The molecule has 126 valence electrons. The van der Waals surface area contributed by atoms with E-state index in [9.17, 15) is 9.18 Å². The van der Waals surface area contributed by atoms with Gasteiger partial charge in [-0.15, -0.1) is 0 Å². The molecule has 0 unspecified atom stereocenters. The number of aryl methyl sites for hydroxylation is 1. The number of nitrogens with zero attached hydrogens (tertiary/aromatic N) is 4. The van der Waals surface area contributed by atoms with Crippen molar-refractivity contribution in [2.24, 2.45) is 13.0 Å². The van der Waals surface area contributed by atoms with Crippen LogP contribution in [0.2, 0.25) is 0 Å². The van der Waals surface area contributed by atoms with Crippen molar-refractivity contribution in [2.75, 3.05) is 31.1 Å². The van der Waals surface area contributed by atoms with E-state index < -0.39 is 0 Å². The number of amides is 1.